The van der Waals surface area contributed by atoms with Crippen molar-refractivity contribution in [3.05, 3.63) is 0 Å². The topological polar surface area (TPSA) is 0 Å². The normalized spacial score (nSPS) is 36.0. The van der Waals surface area contributed by atoms with Crippen LogP contribution in [0.4, 0.5) is 0 Å². The van der Waals surface area contributed by atoms with Crippen molar-refractivity contribution in [2.45, 2.75) is 12.3 Å². The van der Waals surface area contributed by atoms with Crippen molar-refractivity contribution in [3.63, 3.8) is 0 Å². The number of rotatable bonds is 0. The van der Waals surface area contributed by atoms with E-state index < -0.39 is 0 Å². The molecule has 0 aromatic carbocycles. The molecule has 0 spiro atoms. The van der Waals surface area contributed by atoms with Crippen LogP contribution in [-0.2, 0) is 0 Å². The Labute approximate surface area is 41.2 Å². The van der Waals surface area contributed by atoms with Crippen LogP contribution in [0.3, 0.4) is 0 Å². The molecule has 3 aliphatic rings. The maximum atomic E-state index is 1.92. The van der Waals surface area contributed by atoms with Crippen LogP contribution in [0.15, 0.2) is 0 Å². The summed E-state index contributed by atoms with van der Waals surface area (Å²) in [7, 11) is 0. The molecule has 0 saturated carbocycles. The molecule has 0 aliphatic carbocycles. The Bertz CT molecular complexity index is 41.6. The second-order valence-electron chi connectivity index (χ2n) is 2.03. The molecule has 0 aromatic heterocycles. The Balaban J connectivity index is 2.19. The minimum atomic E-state index is 0.0417. The molecule has 0 atom stereocenters. The Hall–Kier alpha value is 1.09. The molecular formula is C3H6Ge2. The molecule has 3 heterocycles. The van der Waals surface area contributed by atoms with Crippen LogP contribution in [0.2, 0.25) is 12.3 Å². The third-order valence-corrected chi connectivity index (χ3v) is 40.5. The van der Waals surface area contributed by atoms with Crippen molar-refractivity contribution in [2.24, 2.45) is 0 Å². The zero-order chi connectivity index (χ0) is 3.28. The first kappa shape index (κ1) is 3.14. The summed E-state index contributed by atoms with van der Waals surface area (Å²) in [6.45, 7) is 0. The SMILES string of the molecule is [CH2]1[Ge]2[CH2][Ge]1[CH2]2. The molecule has 3 saturated heterocycles. The fraction of sp³-hybridized carbons (Fsp3) is 1.00. The second-order valence-corrected chi connectivity index (χ2v) is 22.1. The van der Waals surface area contributed by atoms with Gasteiger partial charge in [-0.1, -0.05) is 0 Å². The van der Waals surface area contributed by atoms with Crippen LogP contribution in [0, 0.1) is 0 Å². The van der Waals surface area contributed by atoms with E-state index in [1.165, 1.54) is 0 Å². The van der Waals surface area contributed by atoms with E-state index in [0.29, 0.717) is 0 Å². The van der Waals surface area contributed by atoms with Crippen LogP contribution in [-0.4, -0.2) is 28.7 Å². The van der Waals surface area contributed by atoms with Crippen molar-refractivity contribution < 1.29 is 0 Å². The zero-order valence-electron chi connectivity index (χ0n) is 3.12. The van der Waals surface area contributed by atoms with Gasteiger partial charge < -0.3 is 0 Å². The third kappa shape index (κ3) is 0.283. The molecule has 0 unspecified atom stereocenters. The molecule has 26 valence electrons. The average Bonchev–Trinajstić information content (AvgIpc) is 0.592. The van der Waals surface area contributed by atoms with Gasteiger partial charge in [-0.15, -0.1) is 0 Å². The van der Waals surface area contributed by atoms with E-state index in [4.69, 9.17) is 0 Å². The van der Waals surface area contributed by atoms with Crippen molar-refractivity contribution in [1.29, 1.82) is 0 Å². The van der Waals surface area contributed by atoms with Crippen LogP contribution < -0.4 is 0 Å². The second kappa shape index (κ2) is 0.835. The van der Waals surface area contributed by atoms with E-state index >= 15 is 0 Å². The molecule has 0 aromatic rings. The van der Waals surface area contributed by atoms with Crippen LogP contribution in [0.25, 0.3) is 0 Å². The van der Waals surface area contributed by atoms with Crippen LogP contribution >= 0.6 is 0 Å². The van der Waals surface area contributed by atoms with Gasteiger partial charge in [0.15, 0.2) is 0 Å². The fourth-order valence-corrected chi connectivity index (χ4v) is 24.4. The summed E-state index contributed by atoms with van der Waals surface area (Å²) in [5, 5.41) is 0. The molecule has 2 heteroatoms. The quantitative estimate of drug-likeness (QED) is 0.488. The van der Waals surface area contributed by atoms with Gasteiger partial charge in [-0.05, 0) is 0 Å². The summed E-state index contributed by atoms with van der Waals surface area (Å²) >= 11 is 0.0833. The summed E-state index contributed by atoms with van der Waals surface area (Å²) in [5.74, 6) is 0. The predicted octanol–water partition coefficient (Wildman–Crippen LogP) is 0.621. The van der Waals surface area contributed by atoms with Crippen molar-refractivity contribution in [2.75, 3.05) is 0 Å². The van der Waals surface area contributed by atoms with E-state index in [9.17, 15) is 0 Å². The van der Waals surface area contributed by atoms with Gasteiger partial charge in [0, 0.05) is 0 Å². The standard InChI is InChI=1S/C3H6Ge2/c1-4-2-5(1)3-4/h1-3H2. The Kier molecular flexibility index (Phi) is 0.523. The molecule has 0 N–H and O–H groups in total. The summed E-state index contributed by atoms with van der Waals surface area (Å²) < 4.78 is 5.75. The first-order valence-electron chi connectivity index (χ1n) is 2.12. The first-order chi connectivity index (χ1) is 2.45. The summed E-state index contributed by atoms with van der Waals surface area (Å²) in [6, 6.07) is 0. The van der Waals surface area contributed by atoms with E-state index in [1.807, 2.05) is 12.3 Å². The Morgan fingerprint density at radius 3 is 1.00 bits per heavy atom. The molecule has 3 aliphatic heterocycles. The van der Waals surface area contributed by atoms with E-state index in [1.54, 1.807) is 0 Å². The van der Waals surface area contributed by atoms with Crippen molar-refractivity contribution in [3.8, 4) is 0 Å². The van der Waals surface area contributed by atoms with Crippen molar-refractivity contribution >= 4 is 28.7 Å². The summed E-state index contributed by atoms with van der Waals surface area (Å²) in [6.07, 6.45) is 0. The van der Waals surface area contributed by atoms with Gasteiger partial charge >= 0.3 is 41.0 Å². The molecule has 0 amide bonds. The number of hydrogen-bond donors (Lipinski definition) is 0. The van der Waals surface area contributed by atoms with Crippen LogP contribution in [0.5, 0.6) is 0 Å². The minimum absolute atomic E-state index is 0.0417. The molecule has 2 bridgehead atoms. The molecule has 5 heavy (non-hydrogen) atoms. The maximum absolute atomic E-state index is 1.92. The van der Waals surface area contributed by atoms with Crippen LogP contribution in [0.1, 0.15) is 0 Å². The zero-order valence-corrected chi connectivity index (χ0v) is 7.32. The van der Waals surface area contributed by atoms with Gasteiger partial charge in [0.1, 0.15) is 0 Å². The molecule has 3 fully saturated rings. The molecular weight excluding hydrogens is 181 g/mol. The van der Waals surface area contributed by atoms with Gasteiger partial charge in [-0.3, -0.25) is 0 Å². The van der Waals surface area contributed by atoms with Gasteiger partial charge in [-0.2, -0.15) is 0 Å². The van der Waals surface area contributed by atoms with Gasteiger partial charge in [0.25, 0.3) is 0 Å². The van der Waals surface area contributed by atoms with Gasteiger partial charge in [0.05, 0.1) is 0 Å². The average molecular weight is 187 g/mol. The Morgan fingerprint density at radius 1 is 0.800 bits per heavy atom. The number of hydrogen-bond acceptors (Lipinski definition) is 0. The molecule has 0 nitrogen and oxygen atoms in total. The fourth-order valence-electron chi connectivity index (χ4n) is 0.905. The van der Waals surface area contributed by atoms with Crippen molar-refractivity contribution in [1.82, 2.24) is 0 Å². The van der Waals surface area contributed by atoms with E-state index in [-0.39, 0.29) is 28.7 Å². The molecule has 2 radical (unpaired) electrons. The first-order valence-corrected chi connectivity index (χ1v) is 11.0. The van der Waals surface area contributed by atoms with E-state index in [0.717, 1.165) is 0 Å². The third-order valence-electron chi connectivity index (χ3n) is 1.50. The monoisotopic (exact) mass is 190 g/mol. The Morgan fingerprint density at radius 2 is 1.00 bits per heavy atom. The molecule has 3 rings (SSSR count). The van der Waals surface area contributed by atoms with Gasteiger partial charge in [-0.25, -0.2) is 0 Å². The summed E-state index contributed by atoms with van der Waals surface area (Å²) in [4.78, 5) is 0. The van der Waals surface area contributed by atoms with E-state index in [2.05, 4.69) is 0 Å². The predicted molar refractivity (Wildman–Crippen MR) is 25.9 cm³/mol. The van der Waals surface area contributed by atoms with Gasteiger partial charge in [0.2, 0.25) is 0 Å². The summed E-state index contributed by atoms with van der Waals surface area (Å²) in [5.41, 5.74) is 0.